The van der Waals surface area contributed by atoms with Crippen LogP contribution in [-0.2, 0) is 4.74 Å². The Morgan fingerprint density at radius 2 is 1.97 bits per heavy atom. The van der Waals surface area contributed by atoms with E-state index in [9.17, 15) is 10.1 Å². The van der Waals surface area contributed by atoms with E-state index in [2.05, 4.69) is 47.9 Å². The van der Waals surface area contributed by atoms with Crippen LogP contribution in [0.4, 0.5) is 22.2 Å². The first-order valence-electron chi connectivity index (χ1n) is 10.4. The number of benzene rings is 1. The number of nitrogens with one attached hydrogen (secondary N) is 3. The number of alkyl carbamates (subject to hydrolysis) is 1. The van der Waals surface area contributed by atoms with Crippen molar-refractivity contribution in [1.82, 2.24) is 15.3 Å². The third-order valence-electron chi connectivity index (χ3n) is 4.85. The summed E-state index contributed by atoms with van der Waals surface area (Å²) in [7, 11) is 0. The van der Waals surface area contributed by atoms with Gasteiger partial charge in [0.2, 0.25) is 5.95 Å². The normalized spacial score (nSPS) is 18.4. The summed E-state index contributed by atoms with van der Waals surface area (Å²) in [5, 5.41) is 19.0. The highest BCUT2D eigenvalue weighted by Crippen LogP contribution is 2.28. The molecule has 170 valence electrons. The first-order valence-corrected chi connectivity index (χ1v) is 11.6. The number of hydrogen-bond acceptors (Lipinski definition) is 7. The van der Waals surface area contributed by atoms with Gasteiger partial charge in [-0.2, -0.15) is 15.2 Å². The zero-order valence-corrected chi connectivity index (χ0v) is 20.5. The van der Waals surface area contributed by atoms with E-state index in [1.54, 1.807) is 0 Å². The van der Waals surface area contributed by atoms with Crippen molar-refractivity contribution in [3.05, 3.63) is 39.5 Å². The Balaban J connectivity index is 1.79. The molecule has 2 atom stereocenters. The molecule has 0 saturated heterocycles. The SMILES string of the molecule is CC(C)(C)OC(=O)NC1CCCCC1Nc1nc(Cl)c(C#N)c(Nc2cccc(Br)c2)n1. The monoisotopic (exact) mass is 520 g/mol. The number of nitrogens with zero attached hydrogens (tertiary/aromatic N) is 3. The van der Waals surface area contributed by atoms with E-state index in [1.807, 2.05) is 45.0 Å². The topological polar surface area (TPSA) is 112 Å². The van der Waals surface area contributed by atoms with Crippen molar-refractivity contribution in [2.75, 3.05) is 10.6 Å². The van der Waals surface area contributed by atoms with Crippen LogP contribution in [0.25, 0.3) is 0 Å². The molecule has 32 heavy (non-hydrogen) atoms. The Hall–Kier alpha value is -2.57. The number of amides is 1. The third-order valence-corrected chi connectivity index (χ3v) is 5.61. The Labute approximate surface area is 201 Å². The molecule has 0 spiro atoms. The minimum absolute atomic E-state index is 0.0509. The quantitative estimate of drug-likeness (QED) is 0.429. The van der Waals surface area contributed by atoms with Crippen LogP contribution in [0, 0.1) is 11.3 Å². The van der Waals surface area contributed by atoms with Gasteiger partial charge >= 0.3 is 6.09 Å². The zero-order chi connectivity index (χ0) is 23.3. The van der Waals surface area contributed by atoms with Gasteiger partial charge in [-0.15, -0.1) is 0 Å². The highest BCUT2D eigenvalue weighted by atomic mass is 79.9. The van der Waals surface area contributed by atoms with Crippen molar-refractivity contribution in [1.29, 1.82) is 5.26 Å². The molecule has 1 saturated carbocycles. The number of anilines is 3. The summed E-state index contributed by atoms with van der Waals surface area (Å²) in [6, 6.07) is 9.31. The molecule has 8 nitrogen and oxygen atoms in total. The van der Waals surface area contributed by atoms with Crippen LogP contribution in [-0.4, -0.2) is 33.7 Å². The minimum Gasteiger partial charge on any atom is -0.444 e. The van der Waals surface area contributed by atoms with Crippen molar-refractivity contribution >= 4 is 51.1 Å². The van der Waals surface area contributed by atoms with Gasteiger partial charge in [0, 0.05) is 16.2 Å². The molecule has 1 fully saturated rings. The number of carbonyl (C=O) groups excluding carboxylic acids is 1. The number of ether oxygens (including phenoxy) is 1. The number of hydrogen-bond donors (Lipinski definition) is 3. The lowest BCUT2D eigenvalue weighted by atomic mass is 9.90. The Morgan fingerprint density at radius 3 is 2.62 bits per heavy atom. The van der Waals surface area contributed by atoms with Crippen molar-refractivity contribution in [3.63, 3.8) is 0 Å². The maximum atomic E-state index is 12.3. The molecule has 1 aromatic heterocycles. The average molecular weight is 522 g/mol. The van der Waals surface area contributed by atoms with Crippen LogP contribution in [0.2, 0.25) is 5.15 Å². The Kier molecular flexibility index (Phi) is 7.80. The van der Waals surface area contributed by atoms with E-state index >= 15 is 0 Å². The molecule has 0 bridgehead atoms. The third kappa shape index (κ3) is 6.71. The fourth-order valence-corrected chi connectivity index (χ4v) is 4.10. The molecule has 2 unspecified atom stereocenters. The van der Waals surface area contributed by atoms with Gasteiger partial charge in [-0.25, -0.2) is 4.79 Å². The Morgan fingerprint density at radius 1 is 1.25 bits per heavy atom. The van der Waals surface area contributed by atoms with E-state index in [-0.39, 0.29) is 28.7 Å². The van der Waals surface area contributed by atoms with Crippen LogP contribution >= 0.6 is 27.5 Å². The molecule has 3 rings (SSSR count). The molecular weight excluding hydrogens is 496 g/mol. The maximum Gasteiger partial charge on any atom is 0.407 e. The van der Waals surface area contributed by atoms with Crippen LogP contribution in [0.1, 0.15) is 52.0 Å². The molecule has 10 heteroatoms. The number of rotatable bonds is 5. The lowest BCUT2D eigenvalue weighted by Gasteiger charge is -2.33. The molecule has 2 aromatic rings. The predicted molar refractivity (Wildman–Crippen MR) is 128 cm³/mol. The minimum atomic E-state index is -0.571. The molecule has 0 radical (unpaired) electrons. The van der Waals surface area contributed by atoms with E-state index in [1.165, 1.54) is 0 Å². The molecule has 1 aromatic carbocycles. The van der Waals surface area contributed by atoms with Gasteiger partial charge in [0.05, 0.1) is 6.04 Å². The van der Waals surface area contributed by atoms with Gasteiger partial charge in [-0.3, -0.25) is 0 Å². The molecule has 1 heterocycles. The fourth-order valence-electron chi connectivity index (χ4n) is 3.49. The highest BCUT2D eigenvalue weighted by molar-refractivity contribution is 9.10. The summed E-state index contributed by atoms with van der Waals surface area (Å²) in [5.74, 6) is 0.593. The summed E-state index contributed by atoms with van der Waals surface area (Å²) in [6.45, 7) is 5.49. The molecule has 1 amide bonds. The van der Waals surface area contributed by atoms with Crippen molar-refractivity contribution in [2.45, 2.75) is 64.1 Å². The van der Waals surface area contributed by atoms with E-state index < -0.39 is 11.7 Å². The number of carbonyl (C=O) groups is 1. The molecule has 0 aliphatic heterocycles. The highest BCUT2D eigenvalue weighted by Gasteiger charge is 2.29. The van der Waals surface area contributed by atoms with Crippen molar-refractivity contribution in [2.24, 2.45) is 0 Å². The Bertz CT molecular complexity index is 1020. The number of halogens is 2. The lowest BCUT2D eigenvalue weighted by Crippen LogP contribution is -2.50. The molecular formula is C22H26BrClN6O2. The first-order chi connectivity index (χ1) is 15.1. The molecule has 1 aliphatic rings. The van der Waals surface area contributed by atoms with Crippen LogP contribution in [0.5, 0.6) is 0 Å². The fraction of sp³-hybridized carbons (Fsp3) is 0.455. The standard InChI is InChI=1S/C22H26BrClN6O2/c1-22(2,3)32-21(31)28-17-10-5-4-9-16(17)27-20-29-18(24)15(12-25)19(30-20)26-14-8-6-7-13(23)11-14/h6-8,11,16-17H,4-5,9-10H2,1-3H3,(H,28,31)(H2,26,27,29,30). The molecule has 1 aliphatic carbocycles. The summed E-state index contributed by atoms with van der Waals surface area (Å²) in [4.78, 5) is 21.0. The molecule has 3 N–H and O–H groups in total. The van der Waals surface area contributed by atoms with Crippen LogP contribution in [0.3, 0.4) is 0 Å². The van der Waals surface area contributed by atoms with Crippen molar-refractivity contribution < 1.29 is 9.53 Å². The van der Waals surface area contributed by atoms with Crippen LogP contribution < -0.4 is 16.0 Å². The second-order valence-corrected chi connectivity index (χ2v) is 9.87. The maximum absolute atomic E-state index is 12.3. The van der Waals surface area contributed by atoms with E-state index in [4.69, 9.17) is 16.3 Å². The smallest absolute Gasteiger partial charge is 0.407 e. The number of nitriles is 1. The summed E-state index contributed by atoms with van der Waals surface area (Å²) >= 11 is 9.72. The van der Waals surface area contributed by atoms with Gasteiger partial charge in [0.25, 0.3) is 0 Å². The zero-order valence-electron chi connectivity index (χ0n) is 18.2. The first kappa shape index (κ1) is 24.1. The average Bonchev–Trinajstić information content (AvgIpc) is 2.68. The van der Waals surface area contributed by atoms with Gasteiger partial charge in [-0.1, -0.05) is 46.4 Å². The summed E-state index contributed by atoms with van der Waals surface area (Å²) in [5.41, 5.74) is 0.335. The van der Waals surface area contributed by atoms with E-state index in [0.717, 1.165) is 35.8 Å². The number of aromatic nitrogens is 2. The van der Waals surface area contributed by atoms with Gasteiger partial charge in [0.1, 0.15) is 17.2 Å². The van der Waals surface area contributed by atoms with Gasteiger partial charge < -0.3 is 20.7 Å². The predicted octanol–water partition coefficient (Wildman–Crippen LogP) is 5.76. The van der Waals surface area contributed by atoms with Crippen molar-refractivity contribution in [3.8, 4) is 6.07 Å². The van der Waals surface area contributed by atoms with E-state index in [0.29, 0.717) is 5.82 Å². The second-order valence-electron chi connectivity index (χ2n) is 8.60. The van der Waals surface area contributed by atoms with Gasteiger partial charge in [0.15, 0.2) is 11.0 Å². The largest absolute Gasteiger partial charge is 0.444 e. The van der Waals surface area contributed by atoms with Gasteiger partial charge in [-0.05, 0) is 51.8 Å². The lowest BCUT2D eigenvalue weighted by molar-refractivity contribution is 0.0488. The second kappa shape index (κ2) is 10.4. The summed E-state index contributed by atoms with van der Waals surface area (Å²) in [6.07, 6.45) is 3.20. The van der Waals surface area contributed by atoms with Crippen LogP contribution in [0.15, 0.2) is 28.7 Å². The summed E-state index contributed by atoms with van der Waals surface area (Å²) < 4.78 is 6.29.